The first kappa shape index (κ1) is 7.23. The molecule has 0 aliphatic heterocycles. The van der Waals surface area contributed by atoms with Gasteiger partial charge in [0.15, 0.2) is 0 Å². The Kier molecular flexibility index (Phi) is 3.53. The minimum atomic E-state index is -1.30. The van der Waals surface area contributed by atoms with E-state index >= 15 is 0 Å². The molecule has 0 heterocycles. The molecule has 46 valence electrons. The van der Waals surface area contributed by atoms with Crippen LogP contribution in [0.1, 0.15) is 0 Å². The van der Waals surface area contributed by atoms with Gasteiger partial charge in [0, 0.05) is 5.16 Å². The monoisotopic (exact) mass is 128 g/mol. The maximum absolute atomic E-state index is 9.88. The van der Waals surface area contributed by atoms with Crippen molar-refractivity contribution in [3.8, 4) is 0 Å². The van der Waals surface area contributed by atoms with Gasteiger partial charge in [0.1, 0.15) is 0 Å². The zero-order valence-electron chi connectivity index (χ0n) is 4.03. The highest BCUT2D eigenvalue weighted by Gasteiger charge is 1.94. The summed E-state index contributed by atoms with van der Waals surface area (Å²) in [5, 5.41) is 2.36. The Hall–Kier alpha value is -1.77. The Morgan fingerprint density at radius 3 is 2.44 bits per heavy atom. The SMILES string of the molecule is O=C=NOC(=O)N=C=O. The third-order valence-electron chi connectivity index (χ3n) is 0.298. The largest absolute Gasteiger partial charge is 0.471 e. The maximum atomic E-state index is 9.88. The predicted molar refractivity (Wildman–Crippen MR) is 22.7 cm³/mol. The molecular formula is C3N2O4. The number of aliphatic imine (C=N–C) groups is 1. The fourth-order valence-electron chi connectivity index (χ4n) is 0.115. The fourth-order valence-corrected chi connectivity index (χ4v) is 0.115. The van der Waals surface area contributed by atoms with Crippen LogP contribution in [0.5, 0.6) is 0 Å². The van der Waals surface area contributed by atoms with E-state index in [0.717, 1.165) is 12.2 Å². The van der Waals surface area contributed by atoms with E-state index in [1.807, 2.05) is 0 Å². The van der Waals surface area contributed by atoms with Gasteiger partial charge in [-0.2, -0.15) is 0 Å². The highest BCUT2D eigenvalue weighted by molar-refractivity contribution is 5.74. The number of carbonyl (C=O) groups is 1. The quantitative estimate of drug-likeness (QED) is 0.210. The Bertz CT molecular complexity index is 198. The number of carbonyl (C=O) groups excluding carboxylic acids is 3. The van der Waals surface area contributed by atoms with E-state index in [4.69, 9.17) is 0 Å². The second-order valence-corrected chi connectivity index (χ2v) is 0.743. The summed E-state index contributed by atoms with van der Waals surface area (Å²) in [7, 11) is 0. The van der Waals surface area contributed by atoms with Crippen LogP contribution in [0.4, 0.5) is 4.79 Å². The van der Waals surface area contributed by atoms with E-state index in [2.05, 4.69) is 15.0 Å². The molecule has 0 aliphatic carbocycles. The van der Waals surface area contributed by atoms with Crippen LogP contribution in [0.25, 0.3) is 0 Å². The molecule has 0 saturated carbocycles. The smallest absolute Gasteiger partial charge is 0.284 e. The molecular weight excluding hydrogens is 128 g/mol. The van der Waals surface area contributed by atoms with Crippen molar-refractivity contribution in [2.75, 3.05) is 0 Å². The summed E-state index contributed by atoms with van der Waals surface area (Å²) >= 11 is 0. The number of isocyanates is 2. The van der Waals surface area contributed by atoms with Crippen LogP contribution in [-0.2, 0) is 14.4 Å². The van der Waals surface area contributed by atoms with Gasteiger partial charge in [-0.3, -0.25) is 4.84 Å². The van der Waals surface area contributed by atoms with Crippen LogP contribution in [0.3, 0.4) is 0 Å². The molecule has 9 heavy (non-hydrogen) atoms. The average Bonchev–Trinajstić information content (AvgIpc) is 1.85. The standard InChI is InChI=1S/C3N2O4/c6-1-4-3(8)9-5-2-7. The Labute approximate surface area is 48.8 Å². The fraction of sp³-hybridized carbons (Fsp3) is 0. The summed E-state index contributed by atoms with van der Waals surface area (Å²) in [6.07, 6.45) is 0.488. The number of hydrogen-bond donors (Lipinski definition) is 0. The highest BCUT2D eigenvalue weighted by atomic mass is 16.7. The molecule has 0 aromatic carbocycles. The van der Waals surface area contributed by atoms with Crippen molar-refractivity contribution < 1.29 is 19.2 Å². The van der Waals surface area contributed by atoms with Crippen LogP contribution in [0, 0.1) is 0 Å². The van der Waals surface area contributed by atoms with Crippen molar-refractivity contribution in [1.29, 1.82) is 0 Å². The maximum Gasteiger partial charge on any atom is 0.471 e. The van der Waals surface area contributed by atoms with Crippen LogP contribution < -0.4 is 0 Å². The molecule has 6 heteroatoms. The number of hydrogen-bond acceptors (Lipinski definition) is 5. The number of nitrogens with zero attached hydrogens (tertiary/aromatic N) is 2. The zero-order valence-corrected chi connectivity index (χ0v) is 4.03. The van der Waals surface area contributed by atoms with E-state index in [-0.39, 0.29) is 0 Å². The second kappa shape index (κ2) is 4.39. The molecule has 0 bridgehead atoms. The van der Waals surface area contributed by atoms with E-state index in [1.54, 1.807) is 0 Å². The van der Waals surface area contributed by atoms with Gasteiger partial charge in [-0.15, -0.1) is 0 Å². The molecule has 0 atom stereocenters. The molecule has 0 fully saturated rings. The van der Waals surface area contributed by atoms with Crippen molar-refractivity contribution in [3.63, 3.8) is 0 Å². The topological polar surface area (TPSA) is 85.2 Å². The number of rotatable bonds is 1. The van der Waals surface area contributed by atoms with Crippen molar-refractivity contribution >= 4 is 18.3 Å². The molecule has 0 aromatic rings. The molecule has 0 saturated heterocycles. The summed E-state index contributed by atoms with van der Waals surface area (Å²) < 4.78 is 0. The van der Waals surface area contributed by atoms with Crippen LogP contribution in [0.15, 0.2) is 10.1 Å². The van der Waals surface area contributed by atoms with Crippen LogP contribution >= 0.6 is 0 Å². The van der Waals surface area contributed by atoms with Crippen LogP contribution in [0.2, 0.25) is 0 Å². The second-order valence-electron chi connectivity index (χ2n) is 0.743. The van der Waals surface area contributed by atoms with Gasteiger partial charge in [0.25, 0.3) is 6.08 Å². The molecule has 0 unspecified atom stereocenters. The average molecular weight is 128 g/mol. The lowest BCUT2D eigenvalue weighted by molar-refractivity contribution is 0.161. The molecule has 0 N–H and O–H groups in total. The Morgan fingerprint density at radius 1 is 1.33 bits per heavy atom. The lowest BCUT2D eigenvalue weighted by Gasteiger charge is -1.78. The minimum absolute atomic E-state index is 0.887. The van der Waals surface area contributed by atoms with Gasteiger partial charge in [-0.25, -0.2) is 14.4 Å². The summed E-state index contributed by atoms with van der Waals surface area (Å²) in [6.45, 7) is 0. The third-order valence-corrected chi connectivity index (χ3v) is 0.298. The zero-order chi connectivity index (χ0) is 7.11. The highest BCUT2D eigenvalue weighted by Crippen LogP contribution is 1.78. The summed E-state index contributed by atoms with van der Waals surface area (Å²) in [6, 6.07) is 0. The van der Waals surface area contributed by atoms with Crippen LogP contribution in [-0.4, -0.2) is 18.3 Å². The molecule has 6 nitrogen and oxygen atoms in total. The Morgan fingerprint density at radius 2 is 2.00 bits per heavy atom. The first-order chi connectivity index (χ1) is 4.31. The van der Waals surface area contributed by atoms with Gasteiger partial charge < -0.3 is 0 Å². The van der Waals surface area contributed by atoms with Gasteiger partial charge in [-0.05, 0) is 0 Å². The normalized spacial score (nSPS) is 6.22. The molecule has 1 amide bonds. The third kappa shape index (κ3) is 4.08. The van der Waals surface area contributed by atoms with E-state index < -0.39 is 6.09 Å². The first-order valence-electron chi connectivity index (χ1n) is 1.67. The van der Waals surface area contributed by atoms with Crippen molar-refractivity contribution in [2.24, 2.45) is 10.1 Å². The van der Waals surface area contributed by atoms with Crippen molar-refractivity contribution in [1.82, 2.24) is 0 Å². The van der Waals surface area contributed by atoms with Gasteiger partial charge in [0.05, 0.1) is 0 Å². The molecule has 0 spiro atoms. The van der Waals surface area contributed by atoms with Gasteiger partial charge in [0.2, 0.25) is 6.08 Å². The number of amides is 1. The van der Waals surface area contributed by atoms with E-state index in [0.29, 0.717) is 0 Å². The molecule has 0 rings (SSSR count). The summed E-state index contributed by atoms with van der Waals surface area (Å²) in [5.74, 6) is 0. The van der Waals surface area contributed by atoms with Crippen molar-refractivity contribution in [3.05, 3.63) is 0 Å². The van der Waals surface area contributed by atoms with E-state index in [9.17, 15) is 14.4 Å². The summed E-state index contributed by atoms with van der Waals surface area (Å²) in [5.41, 5.74) is 0. The van der Waals surface area contributed by atoms with Crippen molar-refractivity contribution in [2.45, 2.75) is 0 Å². The molecule has 0 aliphatic rings. The first-order valence-corrected chi connectivity index (χ1v) is 1.67. The van der Waals surface area contributed by atoms with Gasteiger partial charge >= 0.3 is 6.09 Å². The predicted octanol–water partition coefficient (Wildman–Crippen LogP) is -0.290. The Balaban J connectivity index is 3.77. The van der Waals surface area contributed by atoms with Gasteiger partial charge in [-0.1, -0.05) is 4.99 Å². The lowest BCUT2D eigenvalue weighted by atomic mass is 11.2. The minimum Gasteiger partial charge on any atom is -0.284 e. The molecule has 0 aromatic heterocycles. The lowest BCUT2D eigenvalue weighted by Crippen LogP contribution is -1.89. The molecule has 0 radical (unpaired) electrons. The summed E-state index contributed by atoms with van der Waals surface area (Å²) in [4.78, 5) is 34.3. The van der Waals surface area contributed by atoms with E-state index in [1.165, 1.54) is 0 Å².